The topological polar surface area (TPSA) is 75.8 Å². The Morgan fingerprint density at radius 2 is 1.84 bits per heavy atom. The lowest BCUT2D eigenvalue weighted by molar-refractivity contribution is 0.0845. The second-order valence-electron chi connectivity index (χ2n) is 5.62. The number of thiophene rings is 1. The van der Waals surface area contributed by atoms with E-state index in [1.54, 1.807) is 22.9 Å². The molecule has 1 aromatic carbocycles. The van der Waals surface area contributed by atoms with Gasteiger partial charge >= 0.3 is 0 Å². The maximum atomic E-state index is 12.7. The number of hydrogen-bond donors (Lipinski definition) is 0. The molecule has 0 aliphatic carbocycles. The van der Waals surface area contributed by atoms with Gasteiger partial charge < -0.3 is 0 Å². The number of nitriles is 1. The first-order valence-electron chi connectivity index (χ1n) is 7.68. The average molecular weight is 349 g/mol. The van der Waals surface area contributed by atoms with Crippen molar-refractivity contribution in [3.8, 4) is 11.8 Å². The lowest BCUT2D eigenvalue weighted by Gasteiger charge is -2.04. The van der Waals surface area contributed by atoms with Gasteiger partial charge in [0.05, 0.1) is 16.6 Å². The van der Waals surface area contributed by atoms with Gasteiger partial charge in [0.25, 0.3) is 0 Å². The van der Waals surface area contributed by atoms with Gasteiger partial charge in [-0.1, -0.05) is 18.2 Å². The molecule has 5 nitrogen and oxygen atoms in total. The summed E-state index contributed by atoms with van der Waals surface area (Å²) in [5.41, 5.74) is 1.69. The molecule has 0 amide bonds. The van der Waals surface area contributed by atoms with Gasteiger partial charge in [-0.3, -0.25) is 9.59 Å². The number of rotatable bonds is 5. The molecule has 124 valence electrons. The summed E-state index contributed by atoms with van der Waals surface area (Å²) in [6.45, 7) is 3.69. The molecule has 0 radical (unpaired) electrons. The standard InChI is InChI=1S/C19H15N3O2S/c1-12-10-16(21-22(12)14-6-4-3-5-7-14)18(23)15(11-20)19(24)17-9-8-13(2)25-17/h3-10,15H,1-2H3/t15-/m1/s1. The monoisotopic (exact) mass is 349 g/mol. The molecule has 0 aliphatic rings. The van der Waals surface area contributed by atoms with Crippen LogP contribution in [0.5, 0.6) is 0 Å². The fourth-order valence-corrected chi connectivity index (χ4v) is 3.36. The van der Waals surface area contributed by atoms with Crippen molar-refractivity contribution in [3.05, 3.63) is 69.7 Å². The number of hydrogen-bond acceptors (Lipinski definition) is 5. The molecule has 2 heterocycles. The maximum Gasteiger partial charge on any atom is 0.208 e. The highest BCUT2D eigenvalue weighted by Gasteiger charge is 2.31. The molecule has 0 saturated heterocycles. The molecule has 0 fully saturated rings. The maximum absolute atomic E-state index is 12.7. The van der Waals surface area contributed by atoms with Crippen molar-refractivity contribution in [1.29, 1.82) is 5.26 Å². The summed E-state index contributed by atoms with van der Waals surface area (Å²) >= 11 is 1.28. The van der Waals surface area contributed by atoms with E-state index in [0.717, 1.165) is 16.3 Å². The Bertz CT molecular complexity index is 980. The van der Waals surface area contributed by atoms with E-state index in [9.17, 15) is 14.9 Å². The lowest BCUT2D eigenvalue weighted by atomic mass is 9.97. The molecule has 3 rings (SSSR count). The average Bonchev–Trinajstić information content (AvgIpc) is 3.22. The minimum atomic E-state index is -1.38. The van der Waals surface area contributed by atoms with Gasteiger partial charge in [-0.2, -0.15) is 10.4 Å². The van der Waals surface area contributed by atoms with Crippen LogP contribution in [-0.2, 0) is 0 Å². The third-order valence-electron chi connectivity index (χ3n) is 3.78. The first-order valence-corrected chi connectivity index (χ1v) is 8.49. The van der Waals surface area contributed by atoms with Gasteiger partial charge in [0, 0.05) is 10.6 Å². The molecule has 3 aromatic rings. The van der Waals surface area contributed by atoms with Crippen LogP contribution in [0.1, 0.15) is 30.7 Å². The van der Waals surface area contributed by atoms with Gasteiger partial charge in [0.15, 0.2) is 11.7 Å². The van der Waals surface area contributed by atoms with Crippen molar-refractivity contribution >= 4 is 22.9 Å². The minimum Gasteiger partial charge on any atom is -0.291 e. The van der Waals surface area contributed by atoms with E-state index in [4.69, 9.17) is 0 Å². The molecule has 0 spiro atoms. The number of aryl methyl sites for hydroxylation is 2. The number of Topliss-reactive ketones (excluding diaryl/α,β-unsaturated/α-hetero) is 2. The second kappa shape index (κ2) is 6.83. The summed E-state index contributed by atoms with van der Waals surface area (Å²) in [7, 11) is 0. The molecule has 6 heteroatoms. The van der Waals surface area contributed by atoms with E-state index in [2.05, 4.69) is 5.10 Å². The molecule has 25 heavy (non-hydrogen) atoms. The number of carbonyl (C=O) groups is 2. The van der Waals surface area contributed by atoms with Crippen molar-refractivity contribution in [2.24, 2.45) is 5.92 Å². The smallest absolute Gasteiger partial charge is 0.208 e. The van der Waals surface area contributed by atoms with Crippen molar-refractivity contribution < 1.29 is 9.59 Å². The summed E-state index contributed by atoms with van der Waals surface area (Å²) < 4.78 is 1.63. The summed E-state index contributed by atoms with van der Waals surface area (Å²) in [4.78, 5) is 26.5. The Kier molecular flexibility index (Phi) is 4.59. The van der Waals surface area contributed by atoms with Gasteiger partial charge in [-0.25, -0.2) is 4.68 Å². The van der Waals surface area contributed by atoms with Gasteiger partial charge in [-0.15, -0.1) is 11.3 Å². The van der Waals surface area contributed by atoms with Crippen LogP contribution in [0.4, 0.5) is 0 Å². The van der Waals surface area contributed by atoms with E-state index in [-0.39, 0.29) is 5.69 Å². The molecular weight excluding hydrogens is 334 g/mol. The Hall–Kier alpha value is -3.04. The predicted octanol–water partition coefficient (Wildman–Crippen LogP) is 3.76. The molecule has 0 unspecified atom stereocenters. The van der Waals surface area contributed by atoms with E-state index in [1.807, 2.05) is 50.2 Å². The zero-order chi connectivity index (χ0) is 18.0. The first-order chi connectivity index (χ1) is 12.0. The first kappa shape index (κ1) is 16.8. The highest BCUT2D eigenvalue weighted by molar-refractivity contribution is 7.14. The van der Waals surface area contributed by atoms with Crippen molar-refractivity contribution in [1.82, 2.24) is 9.78 Å². The van der Waals surface area contributed by atoms with Crippen LogP contribution in [0.15, 0.2) is 48.5 Å². The molecule has 0 saturated carbocycles. The fraction of sp³-hybridized carbons (Fsp3) is 0.158. The Morgan fingerprint density at radius 1 is 1.12 bits per heavy atom. The van der Waals surface area contributed by atoms with Gasteiger partial charge in [-0.05, 0) is 44.2 Å². The zero-order valence-electron chi connectivity index (χ0n) is 13.8. The Balaban J connectivity index is 1.92. The number of aromatic nitrogens is 2. The number of para-hydroxylation sites is 1. The second-order valence-corrected chi connectivity index (χ2v) is 6.91. The summed E-state index contributed by atoms with van der Waals surface area (Å²) in [6.07, 6.45) is 0. The van der Waals surface area contributed by atoms with Crippen LogP contribution >= 0.6 is 11.3 Å². The SMILES string of the molecule is Cc1ccc(C(=O)[C@H](C#N)C(=O)c2cc(C)n(-c3ccccc3)n2)s1. The number of benzene rings is 1. The number of nitrogens with zero attached hydrogens (tertiary/aromatic N) is 3. The van der Waals surface area contributed by atoms with Gasteiger partial charge in [0.1, 0.15) is 5.69 Å². The highest BCUT2D eigenvalue weighted by atomic mass is 32.1. The van der Waals surface area contributed by atoms with Crippen molar-refractivity contribution in [2.75, 3.05) is 0 Å². The Morgan fingerprint density at radius 3 is 2.44 bits per heavy atom. The van der Waals surface area contributed by atoms with Crippen LogP contribution in [-0.4, -0.2) is 21.3 Å². The summed E-state index contributed by atoms with van der Waals surface area (Å²) in [5, 5.41) is 13.7. The molecular formula is C19H15N3O2S. The molecule has 0 bridgehead atoms. The fourth-order valence-electron chi connectivity index (χ4n) is 2.52. The minimum absolute atomic E-state index is 0.120. The number of ketones is 2. The number of carbonyl (C=O) groups excluding carboxylic acids is 2. The summed E-state index contributed by atoms with van der Waals surface area (Å²) in [6, 6.07) is 16.3. The third kappa shape index (κ3) is 3.28. The lowest BCUT2D eigenvalue weighted by Crippen LogP contribution is -2.23. The van der Waals surface area contributed by atoms with E-state index in [0.29, 0.717) is 4.88 Å². The molecule has 0 N–H and O–H groups in total. The summed E-state index contributed by atoms with van der Waals surface area (Å²) in [5.74, 6) is -2.43. The van der Waals surface area contributed by atoms with Crippen LogP contribution in [0.3, 0.4) is 0 Å². The van der Waals surface area contributed by atoms with Crippen LogP contribution in [0, 0.1) is 31.1 Å². The zero-order valence-corrected chi connectivity index (χ0v) is 14.6. The van der Waals surface area contributed by atoms with Crippen LogP contribution in [0.2, 0.25) is 0 Å². The van der Waals surface area contributed by atoms with E-state index < -0.39 is 17.5 Å². The quantitative estimate of drug-likeness (QED) is 0.519. The molecule has 1 atom stereocenters. The van der Waals surface area contributed by atoms with Gasteiger partial charge in [0.2, 0.25) is 5.78 Å². The van der Waals surface area contributed by atoms with Crippen LogP contribution < -0.4 is 0 Å². The highest BCUT2D eigenvalue weighted by Crippen LogP contribution is 2.22. The Labute approximate surface area is 149 Å². The van der Waals surface area contributed by atoms with Crippen molar-refractivity contribution in [2.45, 2.75) is 13.8 Å². The normalized spacial score (nSPS) is 11.7. The largest absolute Gasteiger partial charge is 0.291 e. The van der Waals surface area contributed by atoms with Crippen molar-refractivity contribution in [3.63, 3.8) is 0 Å². The predicted molar refractivity (Wildman–Crippen MR) is 95.1 cm³/mol. The van der Waals surface area contributed by atoms with E-state index in [1.165, 1.54) is 11.3 Å². The third-order valence-corrected chi connectivity index (χ3v) is 4.79. The molecule has 2 aromatic heterocycles. The molecule has 0 aliphatic heterocycles. The van der Waals surface area contributed by atoms with E-state index >= 15 is 0 Å². The van der Waals surface area contributed by atoms with Crippen LogP contribution in [0.25, 0.3) is 5.69 Å².